The molecule has 0 aromatic carbocycles. The van der Waals surface area contributed by atoms with Crippen molar-refractivity contribution in [2.24, 2.45) is 5.92 Å². The number of carboxylic acids is 1. The molecule has 2 atom stereocenters. The van der Waals surface area contributed by atoms with Gasteiger partial charge in [-0.15, -0.1) is 0 Å². The molecule has 0 radical (unpaired) electrons. The van der Waals surface area contributed by atoms with Crippen LogP contribution < -0.4 is 5.32 Å². The highest BCUT2D eigenvalue weighted by atomic mass is 16.5. The van der Waals surface area contributed by atoms with E-state index in [1.165, 1.54) is 10.9 Å². The second-order valence-electron chi connectivity index (χ2n) is 4.68. The number of nitrogens with one attached hydrogen (secondary N) is 1. The predicted molar refractivity (Wildman–Crippen MR) is 66.6 cm³/mol. The van der Waals surface area contributed by atoms with Crippen molar-refractivity contribution < 1.29 is 19.4 Å². The molecule has 1 aromatic heterocycles. The van der Waals surface area contributed by atoms with Crippen molar-refractivity contribution in [2.45, 2.75) is 32.4 Å². The molecule has 0 aliphatic carbocycles. The lowest BCUT2D eigenvalue weighted by Crippen LogP contribution is -2.32. The van der Waals surface area contributed by atoms with Gasteiger partial charge in [0, 0.05) is 24.8 Å². The van der Waals surface area contributed by atoms with Gasteiger partial charge in [0.05, 0.1) is 6.10 Å². The molecule has 7 heteroatoms. The lowest BCUT2D eigenvalue weighted by atomic mass is 9.95. The normalized spacial score (nSPS) is 23.0. The number of hydrogen-bond donors (Lipinski definition) is 2. The van der Waals surface area contributed by atoms with Crippen LogP contribution in [0.5, 0.6) is 0 Å². The lowest BCUT2D eigenvalue weighted by Gasteiger charge is -2.25. The van der Waals surface area contributed by atoms with Crippen LogP contribution in [0.1, 0.15) is 19.8 Å². The van der Waals surface area contributed by atoms with Crippen molar-refractivity contribution in [3.8, 4) is 0 Å². The van der Waals surface area contributed by atoms with Gasteiger partial charge in [-0.3, -0.25) is 14.3 Å². The van der Waals surface area contributed by atoms with E-state index in [0.717, 1.165) is 0 Å². The smallest absolute Gasteiger partial charge is 0.325 e. The number of aliphatic carboxylic acids is 1. The number of ether oxygens (including phenoxy) is 1. The van der Waals surface area contributed by atoms with Gasteiger partial charge in [-0.05, 0) is 19.8 Å². The first kappa shape index (κ1) is 13.5. The van der Waals surface area contributed by atoms with Gasteiger partial charge in [0.15, 0.2) is 5.82 Å². The molecule has 104 valence electrons. The molecule has 2 N–H and O–H groups in total. The quantitative estimate of drug-likeness (QED) is 0.838. The molecule has 1 amide bonds. The monoisotopic (exact) mass is 267 g/mol. The Labute approximate surface area is 110 Å². The maximum absolute atomic E-state index is 12.0. The zero-order chi connectivity index (χ0) is 13.8. The molecule has 1 aliphatic rings. The summed E-state index contributed by atoms with van der Waals surface area (Å²) in [5.74, 6) is -0.756. The molecule has 2 unspecified atom stereocenters. The number of amides is 1. The third-order valence-electron chi connectivity index (χ3n) is 3.05. The van der Waals surface area contributed by atoms with Crippen LogP contribution in [-0.2, 0) is 20.9 Å². The summed E-state index contributed by atoms with van der Waals surface area (Å²) in [4.78, 5) is 22.5. The van der Waals surface area contributed by atoms with Gasteiger partial charge in [0.1, 0.15) is 6.54 Å². The van der Waals surface area contributed by atoms with Crippen LogP contribution in [0.3, 0.4) is 0 Å². The molecular weight excluding hydrogens is 250 g/mol. The van der Waals surface area contributed by atoms with Crippen molar-refractivity contribution >= 4 is 17.7 Å². The number of carbonyl (C=O) groups is 2. The number of anilines is 1. The molecule has 0 bridgehead atoms. The summed E-state index contributed by atoms with van der Waals surface area (Å²) >= 11 is 0. The fourth-order valence-electron chi connectivity index (χ4n) is 2.12. The van der Waals surface area contributed by atoms with Gasteiger partial charge in [-0.1, -0.05) is 0 Å². The van der Waals surface area contributed by atoms with Crippen molar-refractivity contribution in [1.29, 1.82) is 0 Å². The Hall–Kier alpha value is -1.89. The van der Waals surface area contributed by atoms with Crippen molar-refractivity contribution in [3.05, 3.63) is 12.3 Å². The maximum Gasteiger partial charge on any atom is 0.325 e. The standard InChI is InChI=1S/C12H17N3O4/c1-8-6-9(3-5-19-8)12(18)13-10-2-4-15(14-10)7-11(16)17/h2,4,8-9H,3,5-7H2,1H3,(H,16,17)(H,13,14,18). The molecule has 1 aliphatic heterocycles. The number of rotatable bonds is 4. The molecule has 1 saturated heterocycles. The van der Waals surface area contributed by atoms with Crippen molar-refractivity contribution in [1.82, 2.24) is 9.78 Å². The van der Waals surface area contributed by atoms with E-state index in [1.807, 2.05) is 6.92 Å². The number of nitrogens with zero attached hydrogens (tertiary/aromatic N) is 2. The minimum atomic E-state index is -0.973. The molecule has 0 saturated carbocycles. The van der Waals surface area contributed by atoms with Crippen LogP contribution >= 0.6 is 0 Å². The average Bonchev–Trinajstić information content (AvgIpc) is 2.75. The molecule has 1 fully saturated rings. The molecular formula is C12H17N3O4. The number of hydrogen-bond acceptors (Lipinski definition) is 4. The summed E-state index contributed by atoms with van der Waals surface area (Å²) in [6.45, 7) is 2.32. The molecule has 19 heavy (non-hydrogen) atoms. The van der Waals surface area contributed by atoms with Gasteiger partial charge < -0.3 is 15.2 Å². The molecule has 0 spiro atoms. The second kappa shape index (κ2) is 5.83. The van der Waals surface area contributed by atoms with Crippen LogP contribution in [0.25, 0.3) is 0 Å². The van der Waals surface area contributed by atoms with E-state index in [2.05, 4.69) is 10.4 Å². The van der Waals surface area contributed by atoms with Crippen LogP contribution in [0.4, 0.5) is 5.82 Å². The van der Waals surface area contributed by atoms with Crippen LogP contribution in [-0.4, -0.2) is 39.5 Å². The SMILES string of the molecule is CC1CC(C(=O)Nc2ccn(CC(=O)O)n2)CCO1. The molecule has 1 aromatic rings. The Kier molecular flexibility index (Phi) is 4.16. The Morgan fingerprint density at radius 2 is 2.42 bits per heavy atom. The van der Waals surface area contributed by atoms with Gasteiger partial charge >= 0.3 is 5.97 Å². The van der Waals surface area contributed by atoms with Crippen LogP contribution in [0.15, 0.2) is 12.3 Å². The topological polar surface area (TPSA) is 93.5 Å². The summed E-state index contributed by atoms with van der Waals surface area (Å²) in [7, 11) is 0. The highest BCUT2D eigenvalue weighted by molar-refractivity contribution is 5.91. The lowest BCUT2D eigenvalue weighted by molar-refractivity contribution is -0.137. The summed E-state index contributed by atoms with van der Waals surface area (Å²) in [5.41, 5.74) is 0. The van der Waals surface area contributed by atoms with Crippen LogP contribution in [0, 0.1) is 5.92 Å². The Balaban J connectivity index is 1.91. The third kappa shape index (κ3) is 3.78. The Bertz CT molecular complexity index is 471. The summed E-state index contributed by atoms with van der Waals surface area (Å²) in [5, 5.41) is 15.3. The molecule has 7 nitrogen and oxygen atoms in total. The highest BCUT2D eigenvalue weighted by Crippen LogP contribution is 2.21. The Morgan fingerprint density at radius 3 is 3.11 bits per heavy atom. The van der Waals surface area contributed by atoms with E-state index >= 15 is 0 Å². The first-order valence-electron chi connectivity index (χ1n) is 6.22. The number of carboxylic acid groups (broad SMARTS) is 1. The van der Waals surface area contributed by atoms with Gasteiger partial charge in [-0.25, -0.2) is 0 Å². The minimum absolute atomic E-state index is 0.0756. The second-order valence-corrected chi connectivity index (χ2v) is 4.68. The fraction of sp³-hybridized carbons (Fsp3) is 0.583. The first-order valence-corrected chi connectivity index (χ1v) is 6.22. The largest absolute Gasteiger partial charge is 0.480 e. The van der Waals surface area contributed by atoms with E-state index < -0.39 is 5.97 Å². The van der Waals surface area contributed by atoms with E-state index in [9.17, 15) is 9.59 Å². The molecule has 2 rings (SSSR count). The third-order valence-corrected chi connectivity index (χ3v) is 3.05. The van der Waals surface area contributed by atoms with E-state index in [0.29, 0.717) is 25.3 Å². The zero-order valence-corrected chi connectivity index (χ0v) is 10.7. The molecule has 2 heterocycles. The average molecular weight is 267 g/mol. The van der Waals surface area contributed by atoms with Crippen molar-refractivity contribution in [2.75, 3.05) is 11.9 Å². The van der Waals surface area contributed by atoms with E-state index in [-0.39, 0.29) is 24.5 Å². The number of carbonyl (C=O) groups excluding carboxylic acids is 1. The maximum atomic E-state index is 12.0. The number of aromatic nitrogens is 2. The predicted octanol–water partition coefficient (Wildman–Crippen LogP) is 0.721. The first-order chi connectivity index (χ1) is 9.04. The van der Waals surface area contributed by atoms with E-state index in [1.54, 1.807) is 6.07 Å². The Morgan fingerprint density at radius 1 is 1.63 bits per heavy atom. The summed E-state index contributed by atoms with van der Waals surface area (Å²) in [6.07, 6.45) is 3.01. The van der Waals surface area contributed by atoms with Crippen molar-refractivity contribution in [3.63, 3.8) is 0 Å². The fourth-order valence-corrected chi connectivity index (χ4v) is 2.12. The van der Waals surface area contributed by atoms with Gasteiger partial charge in [0.25, 0.3) is 0 Å². The van der Waals surface area contributed by atoms with Crippen LogP contribution in [0.2, 0.25) is 0 Å². The van der Waals surface area contributed by atoms with E-state index in [4.69, 9.17) is 9.84 Å². The zero-order valence-electron chi connectivity index (χ0n) is 10.7. The minimum Gasteiger partial charge on any atom is -0.480 e. The van der Waals surface area contributed by atoms with Gasteiger partial charge in [-0.2, -0.15) is 5.10 Å². The van der Waals surface area contributed by atoms with Gasteiger partial charge in [0.2, 0.25) is 5.91 Å². The highest BCUT2D eigenvalue weighted by Gasteiger charge is 2.25. The summed E-state index contributed by atoms with van der Waals surface area (Å²) in [6, 6.07) is 1.59. The summed E-state index contributed by atoms with van der Waals surface area (Å²) < 4.78 is 6.66.